The van der Waals surface area contributed by atoms with Crippen molar-refractivity contribution in [2.24, 2.45) is 5.41 Å². The van der Waals surface area contributed by atoms with Gasteiger partial charge in [0.2, 0.25) is 0 Å². The summed E-state index contributed by atoms with van der Waals surface area (Å²) in [6.45, 7) is 1.77. The number of rotatable bonds is 2. The van der Waals surface area contributed by atoms with Gasteiger partial charge in [-0.1, -0.05) is 30.9 Å². The Bertz CT molecular complexity index is 777. The van der Waals surface area contributed by atoms with Crippen LogP contribution in [-0.2, 0) is 0 Å². The SMILES string of the molecule is COc1ccc2[nH]c(C(=O)N3CCC4(CCCCC4)C3)cc2c1Cl. The molecule has 1 aromatic carbocycles. The molecule has 5 heteroatoms. The Hall–Kier alpha value is -1.68. The molecule has 0 unspecified atom stereocenters. The average molecular weight is 347 g/mol. The van der Waals surface area contributed by atoms with Crippen molar-refractivity contribution in [1.82, 2.24) is 9.88 Å². The summed E-state index contributed by atoms with van der Waals surface area (Å²) in [4.78, 5) is 18.2. The first kappa shape index (κ1) is 15.8. The van der Waals surface area contributed by atoms with Gasteiger partial charge in [-0.05, 0) is 42.9 Å². The largest absolute Gasteiger partial charge is 0.495 e. The fraction of sp³-hybridized carbons (Fsp3) is 0.526. The summed E-state index contributed by atoms with van der Waals surface area (Å²) in [5.41, 5.74) is 1.87. The number of likely N-dealkylation sites (tertiary alicyclic amines) is 1. The van der Waals surface area contributed by atoms with Gasteiger partial charge in [-0.2, -0.15) is 0 Å². The lowest BCUT2D eigenvalue weighted by Gasteiger charge is -2.33. The topological polar surface area (TPSA) is 45.3 Å². The number of hydrogen-bond donors (Lipinski definition) is 1. The zero-order valence-corrected chi connectivity index (χ0v) is 14.8. The molecule has 1 N–H and O–H groups in total. The summed E-state index contributed by atoms with van der Waals surface area (Å²) in [6.07, 6.45) is 7.65. The number of benzene rings is 1. The number of aromatic amines is 1. The van der Waals surface area contributed by atoms with Crippen LogP contribution in [0.4, 0.5) is 0 Å². The molecular weight excluding hydrogens is 324 g/mol. The van der Waals surface area contributed by atoms with Crippen molar-refractivity contribution in [3.8, 4) is 5.75 Å². The minimum absolute atomic E-state index is 0.0867. The molecule has 1 saturated heterocycles. The molecule has 4 rings (SSSR count). The molecule has 2 heterocycles. The first-order chi connectivity index (χ1) is 11.6. The smallest absolute Gasteiger partial charge is 0.270 e. The van der Waals surface area contributed by atoms with Crippen molar-refractivity contribution in [2.45, 2.75) is 38.5 Å². The number of aromatic nitrogens is 1. The molecule has 24 heavy (non-hydrogen) atoms. The Morgan fingerprint density at radius 3 is 2.79 bits per heavy atom. The van der Waals surface area contributed by atoms with E-state index in [1.54, 1.807) is 7.11 Å². The Balaban J connectivity index is 1.59. The second kappa shape index (κ2) is 5.99. The van der Waals surface area contributed by atoms with Crippen LogP contribution in [0.1, 0.15) is 49.0 Å². The maximum absolute atomic E-state index is 12.9. The van der Waals surface area contributed by atoms with Crippen LogP contribution in [0.25, 0.3) is 10.9 Å². The van der Waals surface area contributed by atoms with Gasteiger partial charge in [-0.25, -0.2) is 0 Å². The summed E-state index contributed by atoms with van der Waals surface area (Å²) < 4.78 is 5.26. The standard InChI is InChI=1S/C19H23ClN2O2/c1-24-16-6-5-14-13(17(16)20)11-15(21-14)18(23)22-10-9-19(12-22)7-3-2-4-8-19/h5-6,11,21H,2-4,7-10,12H2,1H3. The molecule has 1 aliphatic carbocycles. The summed E-state index contributed by atoms with van der Waals surface area (Å²) >= 11 is 6.37. The number of methoxy groups -OCH3 is 1. The van der Waals surface area contributed by atoms with E-state index in [4.69, 9.17) is 16.3 Å². The molecule has 1 aromatic heterocycles. The molecular formula is C19H23ClN2O2. The summed E-state index contributed by atoms with van der Waals surface area (Å²) in [6, 6.07) is 5.58. The van der Waals surface area contributed by atoms with Gasteiger partial charge in [0.25, 0.3) is 5.91 Å². The van der Waals surface area contributed by atoms with E-state index in [2.05, 4.69) is 4.98 Å². The summed E-state index contributed by atoms with van der Waals surface area (Å²) in [5.74, 6) is 0.716. The highest BCUT2D eigenvalue weighted by Crippen LogP contribution is 2.44. The summed E-state index contributed by atoms with van der Waals surface area (Å²) in [5, 5.41) is 1.39. The van der Waals surface area contributed by atoms with E-state index in [1.807, 2.05) is 23.1 Å². The van der Waals surface area contributed by atoms with E-state index < -0.39 is 0 Å². The number of hydrogen-bond acceptors (Lipinski definition) is 2. The molecule has 0 radical (unpaired) electrons. The molecule has 1 spiro atoms. The lowest BCUT2D eigenvalue weighted by molar-refractivity contribution is 0.0754. The van der Waals surface area contributed by atoms with Gasteiger partial charge < -0.3 is 14.6 Å². The zero-order valence-electron chi connectivity index (χ0n) is 14.0. The number of halogens is 1. The van der Waals surface area contributed by atoms with Gasteiger partial charge in [0.15, 0.2) is 0 Å². The highest BCUT2D eigenvalue weighted by Gasteiger charge is 2.40. The van der Waals surface area contributed by atoms with Crippen molar-refractivity contribution in [3.05, 3.63) is 28.9 Å². The predicted molar refractivity (Wildman–Crippen MR) is 95.9 cm³/mol. The number of amides is 1. The van der Waals surface area contributed by atoms with Crippen LogP contribution in [0.5, 0.6) is 5.75 Å². The Morgan fingerprint density at radius 1 is 1.25 bits per heavy atom. The van der Waals surface area contributed by atoms with E-state index in [1.165, 1.54) is 32.1 Å². The highest BCUT2D eigenvalue weighted by molar-refractivity contribution is 6.37. The quantitative estimate of drug-likeness (QED) is 0.861. The third-order valence-electron chi connectivity index (χ3n) is 5.79. The first-order valence-corrected chi connectivity index (χ1v) is 9.14. The van der Waals surface area contributed by atoms with E-state index in [9.17, 15) is 4.79 Å². The zero-order chi connectivity index (χ0) is 16.7. The van der Waals surface area contributed by atoms with Gasteiger partial charge in [-0.3, -0.25) is 4.79 Å². The van der Waals surface area contributed by atoms with E-state index in [0.29, 0.717) is 21.9 Å². The molecule has 2 aliphatic rings. The number of carbonyl (C=O) groups excluding carboxylic acids is 1. The van der Waals surface area contributed by atoms with Crippen LogP contribution in [0.3, 0.4) is 0 Å². The lowest BCUT2D eigenvalue weighted by Crippen LogP contribution is -2.33. The van der Waals surface area contributed by atoms with Crippen molar-refractivity contribution >= 4 is 28.4 Å². The van der Waals surface area contributed by atoms with E-state index in [0.717, 1.165) is 30.4 Å². The molecule has 2 fully saturated rings. The maximum atomic E-state index is 12.9. The fourth-order valence-electron chi connectivity index (χ4n) is 4.41. The number of fused-ring (bicyclic) bond motifs is 1. The van der Waals surface area contributed by atoms with Gasteiger partial charge in [0.05, 0.1) is 12.1 Å². The van der Waals surface area contributed by atoms with E-state index in [-0.39, 0.29) is 5.91 Å². The third kappa shape index (κ3) is 2.57. The van der Waals surface area contributed by atoms with Crippen LogP contribution < -0.4 is 4.74 Å². The molecule has 0 bridgehead atoms. The Labute approximate surface area is 147 Å². The minimum atomic E-state index is 0.0867. The van der Waals surface area contributed by atoms with E-state index >= 15 is 0 Å². The van der Waals surface area contributed by atoms with Gasteiger partial charge in [-0.15, -0.1) is 0 Å². The molecule has 1 amide bonds. The van der Waals surface area contributed by atoms with Crippen molar-refractivity contribution in [1.29, 1.82) is 0 Å². The first-order valence-electron chi connectivity index (χ1n) is 8.76. The van der Waals surface area contributed by atoms with Gasteiger partial charge in [0, 0.05) is 24.0 Å². The third-order valence-corrected chi connectivity index (χ3v) is 6.18. The van der Waals surface area contributed by atoms with Crippen LogP contribution in [0.2, 0.25) is 5.02 Å². The van der Waals surface area contributed by atoms with Crippen molar-refractivity contribution in [2.75, 3.05) is 20.2 Å². The van der Waals surface area contributed by atoms with Gasteiger partial charge >= 0.3 is 0 Å². The van der Waals surface area contributed by atoms with Crippen LogP contribution >= 0.6 is 11.6 Å². The summed E-state index contributed by atoms with van der Waals surface area (Å²) in [7, 11) is 1.60. The van der Waals surface area contributed by atoms with Crippen molar-refractivity contribution < 1.29 is 9.53 Å². The molecule has 1 saturated carbocycles. The maximum Gasteiger partial charge on any atom is 0.270 e. The monoisotopic (exact) mass is 346 g/mol. The van der Waals surface area contributed by atoms with Crippen LogP contribution in [-0.4, -0.2) is 36.0 Å². The Morgan fingerprint density at radius 2 is 2.04 bits per heavy atom. The molecule has 4 nitrogen and oxygen atoms in total. The number of nitrogens with zero attached hydrogens (tertiary/aromatic N) is 1. The van der Waals surface area contributed by atoms with Gasteiger partial charge in [0.1, 0.15) is 11.4 Å². The minimum Gasteiger partial charge on any atom is -0.495 e. The highest BCUT2D eigenvalue weighted by atomic mass is 35.5. The predicted octanol–water partition coefficient (Wildman–Crippen LogP) is 4.63. The average Bonchev–Trinajstić information content (AvgIpc) is 3.21. The fourth-order valence-corrected chi connectivity index (χ4v) is 4.71. The number of H-pyrrole nitrogens is 1. The van der Waals surface area contributed by atoms with Crippen LogP contribution in [0.15, 0.2) is 18.2 Å². The number of carbonyl (C=O) groups is 1. The number of nitrogens with one attached hydrogen (secondary N) is 1. The molecule has 1 aliphatic heterocycles. The lowest BCUT2D eigenvalue weighted by atomic mass is 9.73. The van der Waals surface area contributed by atoms with Crippen molar-refractivity contribution in [3.63, 3.8) is 0 Å². The molecule has 2 aromatic rings. The number of ether oxygens (including phenoxy) is 1. The molecule has 0 atom stereocenters. The molecule has 128 valence electrons. The second-order valence-corrected chi connectivity index (χ2v) is 7.64. The normalized spacial score (nSPS) is 20.0. The second-order valence-electron chi connectivity index (χ2n) is 7.26. The Kier molecular flexibility index (Phi) is 3.95. The van der Waals surface area contributed by atoms with Crippen LogP contribution in [0, 0.1) is 5.41 Å².